The Bertz CT molecular complexity index is 709. The summed E-state index contributed by atoms with van der Waals surface area (Å²) in [5.41, 5.74) is 2.94. The van der Waals surface area contributed by atoms with E-state index in [-0.39, 0.29) is 17.3 Å². The van der Waals surface area contributed by atoms with Crippen LogP contribution in [0.5, 0.6) is 0 Å². The van der Waals surface area contributed by atoms with Crippen LogP contribution in [-0.4, -0.2) is 35.3 Å². The Morgan fingerprint density at radius 2 is 1.87 bits per heavy atom. The number of nitrogens with zero attached hydrogens (tertiary/aromatic N) is 1. The zero-order valence-electron chi connectivity index (χ0n) is 13.5. The van der Waals surface area contributed by atoms with Crippen molar-refractivity contribution in [1.82, 2.24) is 4.90 Å². The highest BCUT2D eigenvalue weighted by molar-refractivity contribution is 5.69. The van der Waals surface area contributed by atoms with Gasteiger partial charge in [0.25, 0.3) is 0 Å². The highest BCUT2D eigenvalue weighted by atomic mass is 16.6. The molecule has 1 aromatic rings. The molecule has 2 unspecified atom stereocenters. The lowest BCUT2D eigenvalue weighted by Crippen LogP contribution is -2.41. The predicted molar refractivity (Wildman–Crippen MR) is 86.9 cm³/mol. The highest BCUT2D eigenvalue weighted by Gasteiger charge is 2.53. The number of ether oxygens (including phenoxy) is 2. The predicted octanol–water partition coefficient (Wildman–Crippen LogP) is 3.44. The van der Waals surface area contributed by atoms with Gasteiger partial charge in [-0.05, 0) is 49.1 Å². The minimum Gasteiger partial charge on any atom is -0.445 e. The number of carbonyl (C=O) groups is 1. The lowest BCUT2D eigenvalue weighted by atomic mass is 9.80. The topological polar surface area (TPSA) is 38.8 Å². The molecule has 1 aromatic carbocycles. The van der Waals surface area contributed by atoms with Crippen LogP contribution in [0, 0.1) is 0 Å². The fraction of sp³-hybridized carbons (Fsp3) is 0.421. The molecule has 3 aliphatic heterocycles. The van der Waals surface area contributed by atoms with Gasteiger partial charge in [-0.25, -0.2) is 4.79 Å². The van der Waals surface area contributed by atoms with Gasteiger partial charge in [0.2, 0.25) is 0 Å². The molecule has 0 aliphatic carbocycles. The van der Waals surface area contributed by atoms with Gasteiger partial charge in [-0.1, -0.05) is 30.3 Å². The summed E-state index contributed by atoms with van der Waals surface area (Å²) in [6.07, 6.45) is 4.87. The summed E-state index contributed by atoms with van der Waals surface area (Å²) in [5, 5.41) is 0. The Morgan fingerprint density at radius 3 is 2.61 bits per heavy atom. The maximum atomic E-state index is 12.4. The molecule has 0 spiro atoms. The van der Waals surface area contributed by atoms with Crippen LogP contribution in [0.25, 0.3) is 0 Å². The van der Waals surface area contributed by atoms with Crippen molar-refractivity contribution in [2.45, 2.75) is 38.1 Å². The molecule has 0 N–H and O–H groups in total. The average Bonchev–Trinajstić information content (AvgIpc) is 3.01. The average molecular weight is 311 g/mol. The van der Waals surface area contributed by atoms with Gasteiger partial charge < -0.3 is 14.4 Å². The van der Waals surface area contributed by atoms with E-state index in [0.29, 0.717) is 19.7 Å². The van der Waals surface area contributed by atoms with Crippen LogP contribution in [0.15, 0.2) is 53.6 Å². The maximum Gasteiger partial charge on any atom is 0.410 e. The molecule has 0 fully saturated rings. The van der Waals surface area contributed by atoms with E-state index < -0.39 is 0 Å². The molecule has 23 heavy (non-hydrogen) atoms. The minimum absolute atomic E-state index is 0.249. The van der Waals surface area contributed by atoms with Gasteiger partial charge >= 0.3 is 6.09 Å². The molecule has 3 heterocycles. The highest BCUT2D eigenvalue weighted by Crippen LogP contribution is 2.52. The third kappa shape index (κ3) is 2.29. The van der Waals surface area contributed by atoms with Gasteiger partial charge in [-0.2, -0.15) is 0 Å². The molecule has 4 rings (SSSR count). The first kappa shape index (κ1) is 14.5. The van der Waals surface area contributed by atoms with Crippen LogP contribution >= 0.6 is 0 Å². The van der Waals surface area contributed by atoms with E-state index in [1.807, 2.05) is 30.3 Å². The van der Waals surface area contributed by atoms with Gasteiger partial charge in [-0.15, -0.1) is 0 Å². The van der Waals surface area contributed by atoms with Crippen LogP contribution in [0.3, 0.4) is 0 Å². The molecule has 4 heteroatoms. The maximum absolute atomic E-state index is 12.4. The van der Waals surface area contributed by atoms with Gasteiger partial charge in [0.15, 0.2) is 0 Å². The zero-order chi connectivity index (χ0) is 16.1. The van der Waals surface area contributed by atoms with E-state index in [1.165, 1.54) is 11.1 Å². The van der Waals surface area contributed by atoms with Crippen LogP contribution in [0.2, 0.25) is 0 Å². The number of benzene rings is 1. The summed E-state index contributed by atoms with van der Waals surface area (Å²) in [6.45, 7) is 5.79. The summed E-state index contributed by atoms with van der Waals surface area (Å²) in [4.78, 5) is 14.2. The normalized spacial score (nSPS) is 31.5. The summed E-state index contributed by atoms with van der Waals surface area (Å²) >= 11 is 0. The van der Waals surface area contributed by atoms with E-state index in [0.717, 1.165) is 12.0 Å². The number of carbonyl (C=O) groups excluding carboxylic acids is 1. The quantitative estimate of drug-likeness (QED) is 0.785. The smallest absolute Gasteiger partial charge is 0.410 e. The summed E-state index contributed by atoms with van der Waals surface area (Å²) < 4.78 is 11.6. The van der Waals surface area contributed by atoms with Gasteiger partial charge in [-0.3, -0.25) is 0 Å². The molecular formula is C19H21NO3. The van der Waals surface area contributed by atoms with Gasteiger partial charge in [0, 0.05) is 13.1 Å². The van der Waals surface area contributed by atoms with Crippen molar-refractivity contribution < 1.29 is 14.3 Å². The van der Waals surface area contributed by atoms with E-state index in [2.05, 4.69) is 26.0 Å². The lowest BCUT2D eigenvalue weighted by molar-refractivity contribution is -0.00342. The second-order valence-electron chi connectivity index (χ2n) is 6.82. The van der Waals surface area contributed by atoms with Crippen LogP contribution < -0.4 is 0 Å². The molecule has 4 nitrogen and oxygen atoms in total. The number of fused-ring (bicyclic) bond motifs is 4. The minimum atomic E-state index is -0.359. The Hall–Kier alpha value is -2.07. The SMILES string of the molecule is CC12C=CC(C)(O1)C1=C2CCN(C(=O)OCc2ccccc2)C1. The second-order valence-corrected chi connectivity index (χ2v) is 6.82. The van der Waals surface area contributed by atoms with Crippen molar-refractivity contribution in [2.24, 2.45) is 0 Å². The Balaban J connectivity index is 1.44. The third-order valence-corrected chi connectivity index (χ3v) is 5.15. The molecule has 1 amide bonds. The van der Waals surface area contributed by atoms with Crippen molar-refractivity contribution in [3.8, 4) is 0 Å². The molecule has 0 saturated carbocycles. The fourth-order valence-electron chi connectivity index (χ4n) is 3.88. The van der Waals surface area contributed by atoms with Crippen LogP contribution in [0.4, 0.5) is 4.79 Å². The molecular weight excluding hydrogens is 290 g/mol. The number of hydrogen-bond acceptors (Lipinski definition) is 3. The van der Waals surface area contributed by atoms with Crippen LogP contribution in [0.1, 0.15) is 25.8 Å². The van der Waals surface area contributed by atoms with Crippen LogP contribution in [-0.2, 0) is 16.1 Å². The van der Waals surface area contributed by atoms with Gasteiger partial charge in [0.1, 0.15) is 17.8 Å². The van der Waals surface area contributed by atoms with Crippen molar-refractivity contribution in [3.05, 3.63) is 59.2 Å². The van der Waals surface area contributed by atoms with Gasteiger partial charge in [0.05, 0.1) is 0 Å². The summed E-state index contributed by atoms with van der Waals surface area (Å²) in [5.74, 6) is 0. The molecule has 3 aliphatic rings. The van der Waals surface area contributed by atoms with Crippen molar-refractivity contribution in [2.75, 3.05) is 13.1 Å². The molecule has 2 bridgehead atoms. The van der Waals surface area contributed by atoms with Crippen molar-refractivity contribution in [1.29, 1.82) is 0 Å². The largest absolute Gasteiger partial charge is 0.445 e. The Labute approximate surface area is 136 Å². The second kappa shape index (κ2) is 4.96. The first-order chi connectivity index (χ1) is 11.0. The molecule has 0 radical (unpaired) electrons. The lowest BCUT2D eigenvalue weighted by Gasteiger charge is -2.33. The molecule has 2 atom stereocenters. The van der Waals surface area contributed by atoms with Crippen molar-refractivity contribution in [3.63, 3.8) is 0 Å². The van der Waals surface area contributed by atoms with E-state index in [9.17, 15) is 4.79 Å². The fourth-order valence-corrected chi connectivity index (χ4v) is 3.88. The van der Waals surface area contributed by atoms with Crippen molar-refractivity contribution >= 4 is 6.09 Å². The first-order valence-electron chi connectivity index (χ1n) is 8.09. The van der Waals surface area contributed by atoms with E-state index >= 15 is 0 Å². The van der Waals surface area contributed by atoms with E-state index in [4.69, 9.17) is 9.47 Å². The monoisotopic (exact) mass is 311 g/mol. The number of amides is 1. The number of hydrogen-bond donors (Lipinski definition) is 0. The van der Waals surface area contributed by atoms with E-state index in [1.54, 1.807) is 4.90 Å². The standard InChI is InChI=1S/C19H21NO3/c1-18-9-10-19(2,23-18)16-12-20(11-8-15(16)18)17(21)22-13-14-6-4-3-5-7-14/h3-7,9-10H,8,11-13H2,1-2H3. The number of rotatable bonds is 2. The molecule has 120 valence electrons. The first-order valence-corrected chi connectivity index (χ1v) is 8.09. The summed E-state index contributed by atoms with van der Waals surface area (Å²) in [7, 11) is 0. The Morgan fingerprint density at radius 1 is 1.17 bits per heavy atom. The Kier molecular flexibility index (Phi) is 3.13. The molecule has 0 aromatic heterocycles. The third-order valence-electron chi connectivity index (χ3n) is 5.15. The molecule has 0 saturated heterocycles. The zero-order valence-corrected chi connectivity index (χ0v) is 13.5. The summed E-state index contributed by atoms with van der Waals surface area (Å²) in [6, 6.07) is 9.76.